The van der Waals surface area contributed by atoms with Crippen LogP contribution in [0.3, 0.4) is 0 Å². The normalized spacial score (nSPS) is 11.2. The van der Waals surface area contributed by atoms with Crippen molar-refractivity contribution in [1.29, 1.82) is 0 Å². The molecule has 2 rings (SSSR count). The van der Waals surface area contributed by atoms with Crippen LogP contribution in [0.15, 0.2) is 58.1 Å². The van der Waals surface area contributed by atoms with E-state index in [0.717, 1.165) is 15.7 Å². The Hall–Kier alpha value is -2.21. The van der Waals surface area contributed by atoms with E-state index in [-0.39, 0.29) is 5.69 Å². The maximum absolute atomic E-state index is 10.7. The van der Waals surface area contributed by atoms with Crippen LogP contribution in [-0.4, -0.2) is 10.6 Å². The number of rotatable bonds is 4. The summed E-state index contributed by atoms with van der Waals surface area (Å²) in [5.74, 6) is 0. The molecule has 0 unspecified atom stereocenters. The third-order valence-electron chi connectivity index (χ3n) is 2.67. The Bertz CT molecular complexity index is 671. The van der Waals surface area contributed by atoms with Gasteiger partial charge in [-0.15, -0.1) is 0 Å². The van der Waals surface area contributed by atoms with E-state index in [1.165, 1.54) is 12.1 Å². The first kappa shape index (κ1) is 14.2. The number of non-ortho nitro benzene ring substituents is 1. The van der Waals surface area contributed by atoms with Crippen molar-refractivity contribution in [3.63, 3.8) is 0 Å². The van der Waals surface area contributed by atoms with E-state index in [1.807, 2.05) is 31.2 Å². The third-order valence-corrected chi connectivity index (χ3v) is 3.36. The molecule has 0 fully saturated rings. The molecule has 0 radical (unpaired) electrons. The standard InChI is InChI=1S/C14H12BrN3O2/c1-10(13-7-2-3-8-14(13)15)16-17-11-5-4-6-12(9-11)18(19)20/h2-9,17H,1H3. The van der Waals surface area contributed by atoms with Crippen LogP contribution < -0.4 is 5.43 Å². The first-order valence-corrected chi connectivity index (χ1v) is 6.67. The predicted molar refractivity (Wildman–Crippen MR) is 83.1 cm³/mol. The number of nitro benzene ring substituents is 1. The lowest BCUT2D eigenvalue weighted by Crippen LogP contribution is -2.00. The van der Waals surface area contributed by atoms with Crippen LogP contribution in [0.1, 0.15) is 12.5 Å². The van der Waals surface area contributed by atoms with Crippen molar-refractivity contribution in [2.24, 2.45) is 5.10 Å². The molecular formula is C14H12BrN3O2. The van der Waals surface area contributed by atoms with Gasteiger partial charge in [-0.2, -0.15) is 5.10 Å². The average Bonchev–Trinajstić information content (AvgIpc) is 2.45. The number of hydrogen-bond donors (Lipinski definition) is 1. The number of nitro groups is 1. The van der Waals surface area contributed by atoms with Crippen molar-refractivity contribution < 1.29 is 4.92 Å². The summed E-state index contributed by atoms with van der Waals surface area (Å²) in [5, 5.41) is 14.9. The first-order valence-electron chi connectivity index (χ1n) is 5.87. The molecule has 0 aliphatic carbocycles. The number of nitrogens with zero attached hydrogens (tertiary/aromatic N) is 2. The zero-order valence-corrected chi connectivity index (χ0v) is 12.3. The smallest absolute Gasteiger partial charge is 0.271 e. The zero-order valence-electron chi connectivity index (χ0n) is 10.7. The van der Waals surface area contributed by atoms with E-state index >= 15 is 0 Å². The van der Waals surface area contributed by atoms with Gasteiger partial charge in [-0.1, -0.05) is 40.2 Å². The van der Waals surface area contributed by atoms with E-state index in [0.29, 0.717) is 5.69 Å². The molecule has 1 N–H and O–H groups in total. The van der Waals surface area contributed by atoms with Crippen LogP contribution in [0.5, 0.6) is 0 Å². The van der Waals surface area contributed by atoms with Gasteiger partial charge in [-0.25, -0.2) is 0 Å². The van der Waals surface area contributed by atoms with E-state index in [2.05, 4.69) is 26.5 Å². The van der Waals surface area contributed by atoms with Crippen LogP contribution >= 0.6 is 15.9 Å². The molecule has 0 aliphatic heterocycles. The summed E-state index contributed by atoms with van der Waals surface area (Å²) in [5.41, 5.74) is 5.18. The Morgan fingerprint density at radius 3 is 2.70 bits per heavy atom. The van der Waals surface area contributed by atoms with Crippen molar-refractivity contribution in [2.75, 3.05) is 5.43 Å². The monoisotopic (exact) mass is 333 g/mol. The summed E-state index contributed by atoms with van der Waals surface area (Å²) in [7, 11) is 0. The molecule has 0 bridgehead atoms. The largest absolute Gasteiger partial charge is 0.278 e. The topological polar surface area (TPSA) is 67.5 Å². The van der Waals surface area contributed by atoms with Crippen molar-refractivity contribution in [3.05, 3.63) is 68.7 Å². The molecule has 5 nitrogen and oxygen atoms in total. The molecule has 102 valence electrons. The Balaban J connectivity index is 2.19. The van der Waals surface area contributed by atoms with Crippen LogP contribution in [0, 0.1) is 10.1 Å². The average molecular weight is 334 g/mol. The Morgan fingerprint density at radius 2 is 2.00 bits per heavy atom. The molecule has 0 saturated carbocycles. The van der Waals surface area contributed by atoms with Crippen molar-refractivity contribution in [2.45, 2.75) is 6.92 Å². The highest BCUT2D eigenvalue weighted by Gasteiger charge is 2.05. The van der Waals surface area contributed by atoms with Crippen molar-refractivity contribution >= 4 is 33.0 Å². The summed E-state index contributed by atoms with van der Waals surface area (Å²) < 4.78 is 0.946. The summed E-state index contributed by atoms with van der Waals surface area (Å²) in [6, 6.07) is 13.9. The maximum atomic E-state index is 10.7. The highest BCUT2D eigenvalue weighted by atomic mass is 79.9. The lowest BCUT2D eigenvalue weighted by atomic mass is 10.1. The molecule has 0 aliphatic rings. The minimum absolute atomic E-state index is 0.0312. The molecule has 0 amide bonds. The van der Waals surface area contributed by atoms with Crippen molar-refractivity contribution in [3.8, 4) is 0 Å². The van der Waals surface area contributed by atoms with Gasteiger partial charge in [-0.05, 0) is 19.1 Å². The van der Waals surface area contributed by atoms with Gasteiger partial charge in [0.25, 0.3) is 5.69 Å². The fourth-order valence-electron chi connectivity index (χ4n) is 1.65. The molecule has 0 aromatic heterocycles. The summed E-state index contributed by atoms with van der Waals surface area (Å²) >= 11 is 3.46. The fourth-order valence-corrected chi connectivity index (χ4v) is 2.22. The lowest BCUT2D eigenvalue weighted by molar-refractivity contribution is -0.384. The van der Waals surface area contributed by atoms with Crippen LogP contribution in [0.4, 0.5) is 11.4 Å². The Labute approximate surface area is 124 Å². The molecule has 6 heteroatoms. The van der Waals surface area contributed by atoms with Gasteiger partial charge in [0.2, 0.25) is 0 Å². The molecular weight excluding hydrogens is 322 g/mol. The second-order valence-corrected chi connectivity index (χ2v) is 4.95. The predicted octanol–water partition coefficient (Wildman–Crippen LogP) is 4.19. The molecule has 0 atom stereocenters. The van der Waals surface area contributed by atoms with Crippen LogP contribution in [0.2, 0.25) is 0 Å². The third kappa shape index (κ3) is 3.42. The molecule has 2 aromatic rings. The fraction of sp³-hybridized carbons (Fsp3) is 0.0714. The highest BCUT2D eigenvalue weighted by Crippen LogP contribution is 2.19. The van der Waals surface area contributed by atoms with Gasteiger partial charge in [0.05, 0.1) is 16.3 Å². The SMILES string of the molecule is CC(=NNc1cccc([N+](=O)[O-])c1)c1ccccc1Br. The quantitative estimate of drug-likeness (QED) is 0.518. The molecule has 2 aromatic carbocycles. The first-order chi connectivity index (χ1) is 9.58. The minimum atomic E-state index is -0.435. The van der Waals surface area contributed by atoms with Gasteiger partial charge >= 0.3 is 0 Å². The van der Waals surface area contributed by atoms with Gasteiger partial charge in [0, 0.05) is 22.2 Å². The molecule has 0 spiro atoms. The summed E-state index contributed by atoms with van der Waals surface area (Å²) in [4.78, 5) is 10.3. The molecule has 0 heterocycles. The van der Waals surface area contributed by atoms with Gasteiger partial charge in [0.15, 0.2) is 0 Å². The second-order valence-electron chi connectivity index (χ2n) is 4.10. The lowest BCUT2D eigenvalue weighted by Gasteiger charge is -2.05. The van der Waals surface area contributed by atoms with Gasteiger partial charge < -0.3 is 0 Å². The summed E-state index contributed by atoms with van der Waals surface area (Å²) in [6.45, 7) is 1.87. The van der Waals surface area contributed by atoms with Crippen LogP contribution in [-0.2, 0) is 0 Å². The molecule has 0 saturated heterocycles. The van der Waals surface area contributed by atoms with Crippen molar-refractivity contribution in [1.82, 2.24) is 0 Å². The number of halogens is 1. The van der Waals surface area contributed by atoms with E-state index in [4.69, 9.17) is 0 Å². The van der Waals surface area contributed by atoms with E-state index in [1.54, 1.807) is 12.1 Å². The van der Waals surface area contributed by atoms with Gasteiger partial charge in [0.1, 0.15) is 0 Å². The Morgan fingerprint density at radius 1 is 1.25 bits per heavy atom. The van der Waals surface area contributed by atoms with Gasteiger partial charge in [-0.3, -0.25) is 15.5 Å². The number of anilines is 1. The number of nitrogens with one attached hydrogen (secondary N) is 1. The van der Waals surface area contributed by atoms with E-state index in [9.17, 15) is 10.1 Å². The maximum Gasteiger partial charge on any atom is 0.271 e. The number of hydrazone groups is 1. The molecule has 20 heavy (non-hydrogen) atoms. The van der Waals surface area contributed by atoms with Crippen LogP contribution in [0.25, 0.3) is 0 Å². The number of benzene rings is 2. The van der Waals surface area contributed by atoms with E-state index < -0.39 is 4.92 Å². The highest BCUT2D eigenvalue weighted by molar-refractivity contribution is 9.10. The summed E-state index contributed by atoms with van der Waals surface area (Å²) in [6.07, 6.45) is 0. The second kappa shape index (κ2) is 6.29. The Kier molecular flexibility index (Phi) is 4.47. The minimum Gasteiger partial charge on any atom is -0.278 e. The number of hydrogen-bond acceptors (Lipinski definition) is 4. The zero-order chi connectivity index (χ0) is 14.5.